The molecular weight excluding hydrogens is 379 g/mol. The van der Waals surface area contributed by atoms with E-state index in [9.17, 15) is 19.1 Å². The zero-order valence-electron chi connectivity index (χ0n) is 15.8. The van der Waals surface area contributed by atoms with Crippen LogP contribution in [0.3, 0.4) is 0 Å². The highest BCUT2D eigenvalue weighted by molar-refractivity contribution is 5.94. The summed E-state index contributed by atoms with van der Waals surface area (Å²) in [6.45, 7) is 0.0656. The van der Waals surface area contributed by atoms with E-state index < -0.39 is 17.8 Å². The Hall–Kier alpha value is -2.91. The molecule has 0 radical (unpaired) electrons. The van der Waals surface area contributed by atoms with Gasteiger partial charge < -0.3 is 20.5 Å². The van der Waals surface area contributed by atoms with Crippen molar-refractivity contribution in [3.63, 3.8) is 0 Å². The Morgan fingerprint density at radius 2 is 2.03 bits per heavy atom. The number of aromatic nitrogens is 2. The van der Waals surface area contributed by atoms with Gasteiger partial charge in [0.05, 0.1) is 30.5 Å². The first-order chi connectivity index (χ1) is 14.1. The van der Waals surface area contributed by atoms with E-state index in [4.69, 9.17) is 4.74 Å². The van der Waals surface area contributed by atoms with Gasteiger partial charge in [-0.15, -0.1) is 0 Å². The minimum atomic E-state index is -0.569. The number of rotatable bonds is 7. The summed E-state index contributed by atoms with van der Waals surface area (Å²) in [6, 6.07) is 5.44. The molecule has 0 aliphatic carbocycles. The summed E-state index contributed by atoms with van der Waals surface area (Å²) in [6.07, 6.45) is 5.32. The van der Waals surface area contributed by atoms with Gasteiger partial charge in [0.1, 0.15) is 17.6 Å². The number of nitrogens with zero attached hydrogens (tertiary/aromatic N) is 2. The molecule has 2 aromatic rings. The van der Waals surface area contributed by atoms with E-state index in [1.54, 1.807) is 6.07 Å². The molecule has 1 saturated heterocycles. The third-order valence-corrected chi connectivity index (χ3v) is 4.78. The number of hydrogen-bond acceptors (Lipinski definition) is 6. The fourth-order valence-corrected chi connectivity index (χ4v) is 3.26. The third-order valence-electron chi connectivity index (χ3n) is 4.78. The summed E-state index contributed by atoms with van der Waals surface area (Å²) in [5.41, 5.74) is 0.194. The molecule has 8 nitrogen and oxygen atoms in total. The predicted octanol–water partition coefficient (Wildman–Crippen LogP) is 1.07. The molecule has 1 fully saturated rings. The predicted molar refractivity (Wildman–Crippen MR) is 102 cm³/mol. The van der Waals surface area contributed by atoms with Crippen molar-refractivity contribution in [1.82, 2.24) is 20.6 Å². The maximum atomic E-state index is 13.6. The number of nitrogens with one attached hydrogen (secondary N) is 2. The van der Waals surface area contributed by atoms with Crippen LogP contribution >= 0.6 is 0 Å². The van der Waals surface area contributed by atoms with Gasteiger partial charge in [-0.25, -0.2) is 9.37 Å². The second kappa shape index (κ2) is 10.0. The summed E-state index contributed by atoms with van der Waals surface area (Å²) >= 11 is 0. The van der Waals surface area contributed by atoms with E-state index in [-0.39, 0.29) is 35.9 Å². The van der Waals surface area contributed by atoms with Crippen LogP contribution in [0.1, 0.15) is 40.1 Å². The summed E-state index contributed by atoms with van der Waals surface area (Å²) in [4.78, 5) is 32.1. The fraction of sp³-hybridized carbons (Fsp3) is 0.400. The lowest BCUT2D eigenvalue weighted by molar-refractivity contribution is -0.0893. The van der Waals surface area contributed by atoms with E-state index in [0.717, 1.165) is 0 Å². The Bertz CT molecular complexity index is 836. The van der Waals surface area contributed by atoms with Crippen LogP contribution in [0, 0.1) is 5.82 Å². The van der Waals surface area contributed by atoms with Crippen LogP contribution in [0.4, 0.5) is 4.39 Å². The maximum Gasteiger partial charge on any atom is 0.271 e. The van der Waals surface area contributed by atoms with Crippen LogP contribution < -0.4 is 10.6 Å². The second-order valence-corrected chi connectivity index (χ2v) is 6.75. The molecule has 1 aliphatic heterocycles. The zero-order valence-corrected chi connectivity index (χ0v) is 15.8. The Labute approximate surface area is 167 Å². The van der Waals surface area contributed by atoms with Crippen LogP contribution in [0.15, 0.2) is 42.9 Å². The van der Waals surface area contributed by atoms with E-state index >= 15 is 0 Å². The highest BCUT2D eigenvalue weighted by atomic mass is 19.1. The van der Waals surface area contributed by atoms with E-state index in [1.807, 2.05) is 0 Å². The topological polar surface area (TPSA) is 113 Å². The number of aliphatic hydroxyl groups excluding tert-OH is 1. The molecule has 0 bridgehead atoms. The van der Waals surface area contributed by atoms with Crippen molar-refractivity contribution in [3.05, 3.63) is 59.9 Å². The number of carbonyl (C=O) groups is 2. The van der Waals surface area contributed by atoms with Gasteiger partial charge in [0.2, 0.25) is 0 Å². The maximum absolute atomic E-state index is 13.6. The molecule has 2 heterocycles. The summed E-state index contributed by atoms with van der Waals surface area (Å²) in [5.74, 6) is -1.42. The van der Waals surface area contributed by atoms with Crippen LogP contribution in [-0.2, 0) is 4.74 Å². The van der Waals surface area contributed by atoms with Gasteiger partial charge >= 0.3 is 0 Å². The normalized spacial score (nSPS) is 21.4. The summed E-state index contributed by atoms with van der Waals surface area (Å²) < 4.78 is 19.5. The molecule has 3 rings (SSSR count). The second-order valence-electron chi connectivity index (χ2n) is 6.75. The number of halogens is 1. The van der Waals surface area contributed by atoms with Gasteiger partial charge in [-0.05, 0) is 31.4 Å². The zero-order chi connectivity index (χ0) is 20.6. The third kappa shape index (κ3) is 5.55. The quantitative estimate of drug-likeness (QED) is 0.639. The van der Waals surface area contributed by atoms with Gasteiger partial charge in [0.25, 0.3) is 11.8 Å². The molecule has 0 spiro atoms. The van der Waals surface area contributed by atoms with E-state index in [0.29, 0.717) is 25.8 Å². The molecule has 1 aromatic heterocycles. The van der Waals surface area contributed by atoms with Crippen molar-refractivity contribution >= 4 is 11.8 Å². The number of ether oxygens (including phenoxy) is 1. The van der Waals surface area contributed by atoms with Gasteiger partial charge in [-0.1, -0.05) is 12.1 Å². The molecule has 1 aliphatic rings. The van der Waals surface area contributed by atoms with Crippen molar-refractivity contribution in [2.24, 2.45) is 0 Å². The first-order valence-corrected chi connectivity index (χ1v) is 9.44. The largest absolute Gasteiger partial charge is 0.394 e. The SMILES string of the molecule is O=C(N[C@H]1CC[C@H](CCNC(=O)c2ccccc2F)O[C@@H]1CO)c1cnccn1. The Kier molecular flexibility index (Phi) is 7.20. The molecule has 29 heavy (non-hydrogen) atoms. The van der Waals surface area contributed by atoms with E-state index in [2.05, 4.69) is 20.6 Å². The molecule has 2 amide bonds. The smallest absolute Gasteiger partial charge is 0.271 e. The van der Waals surface area contributed by atoms with Crippen molar-refractivity contribution in [3.8, 4) is 0 Å². The molecule has 3 atom stereocenters. The van der Waals surface area contributed by atoms with Crippen molar-refractivity contribution < 1.29 is 23.8 Å². The lowest BCUT2D eigenvalue weighted by Gasteiger charge is -2.36. The van der Waals surface area contributed by atoms with Crippen molar-refractivity contribution in [2.75, 3.05) is 13.2 Å². The monoisotopic (exact) mass is 402 g/mol. The average Bonchev–Trinajstić information content (AvgIpc) is 2.75. The minimum absolute atomic E-state index is 0.00270. The molecule has 0 saturated carbocycles. The molecule has 3 N–H and O–H groups in total. The molecule has 154 valence electrons. The molecular formula is C20H23FN4O4. The lowest BCUT2D eigenvalue weighted by atomic mass is 9.97. The number of benzene rings is 1. The van der Waals surface area contributed by atoms with Crippen LogP contribution in [0.25, 0.3) is 0 Å². The Balaban J connectivity index is 1.46. The minimum Gasteiger partial charge on any atom is -0.394 e. The standard InChI is InChI=1S/C20H23FN4O4/c21-15-4-2-1-3-14(15)19(27)24-8-7-13-5-6-16(18(12-26)29-13)25-20(28)17-11-22-9-10-23-17/h1-4,9-11,13,16,18,26H,5-8,12H2,(H,24,27)(H,25,28)/t13-,16+,18-/m1/s1. The highest BCUT2D eigenvalue weighted by Crippen LogP contribution is 2.22. The Morgan fingerprint density at radius 1 is 1.21 bits per heavy atom. The average molecular weight is 402 g/mol. The fourth-order valence-electron chi connectivity index (χ4n) is 3.26. The van der Waals surface area contributed by atoms with Crippen LogP contribution in [-0.4, -0.2) is 58.3 Å². The number of hydrogen-bond donors (Lipinski definition) is 3. The summed E-state index contributed by atoms with van der Waals surface area (Å²) in [5, 5.41) is 15.1. The van der Waals surface area contributed by atoms with E-state index in [1.165, 1.54) is 36.8 Å². The molecule has 0 unspecified atom stereocenters. The molecule has 9 heteroatoms. The van der Waals surface area contributed by atoms with Gasteiger partial charge in [-0.3, -0.25) is 14.6 Å². The van der Waals surface area contributed by atoms with Gasteiger partial charge in [0.15, 0.2) is 0 Å². The van der Waals surface area contributed by atoms with Gasteiger partial charge in [-0.2, -0.15) is 0 Å². The highest BCUT2D eigenvalue weighted by Gasteiger charge is 2.32. The number of aliphatic hydroxyl groups is 1. The van der Waals surface area contributed by atoms with Crippen LogP contribution in [0.2, 0.25) is 0 Å². The number of amides is 2. The number of carbonyl (C=O) groups excluding carboxylic acids is 2. The lowest BCUT2D eigenvalue weighted by Crippen LogP contribution is -2.51. The van der Waals surface area contributed by atoms with Crippen molar-refractivity contribution in [1.29, 1.82) is 0 Å². The molecule has 1 aromatic carbocycles. The summed E-state index contributed by atoms with van der Waals surface area (Å²) in [7, 11) is 0. The Morgan fingerprint density at radius 3 is 2.76 bits per heavy atom. The van der Waals surface area contributed by atoms with Gasteiger partial charge in [0, 0.05) is 18.9 Å². The first kappa shape index (κ1) is 20.8. The van der Waals surface area contributed by atoms with Crippen LogP contribution in [0.5, 0.6) is 0 Å². The van der Waals surface area contributed by atoms with Crippen molar-refractivity contribution in [2.45, 2.75) is 37.5 Å². The first-order valence-electron chi connectivity index (χ1n) is 9.44.